The van der Waals surface area contributed by atoms with Crippen molar-refractivity contribution in [3.05, 3.63) is 28.8 Å². The van der Waals surface area contributed by atoms with Gasteiger partial charge in [0.1, 0.15) is 17.5 Å². The molecule has 0 aromatic heterocycles. The van der Waals surface area contributed by atoms with Crippen molar-refractivity contribution in [3.63, 3.8) is 0 Å². The van der Waals surface area contributed by atoms with Crippen LogP contribution in [0, 0.1) is 0 Å². The molecule has 1 aromatic rings. The molecule has 2 aliphatic rings. The SMILES string of the molecule is CCOC(=O)Cc1ccc(OC2C[C@H]3CC[C@@H](C2)N3C(=O)OC(C)(C)C)c(Cl)c1. The Kier molecular flexibility index (Phi) is 6.62. The van der Waals surface area contributed by atoms with Crippen molar-refractivity contribution < 1.29 is 23.8 Å². The largest absolute Gasteiger partial charge is 0.489 e. The Morgan fingerprint density at radius 1 is 1.17 bits per heavy atom. The Morgan fingerprint density at radius 2 is 1.83 bits per heavy atom. The fraction of sp³-hybridized carbons (Fsp3) is 0.636. The summed E-state index contributed by atoms with van der Waals surface area (Å²) in [7, 11) is 0. The van der Waals surface area contributed by atoms with Gasteiger partial charge in [0.2, 0.25) is 0 Å². The molecule has 2 aliphatic heterocycles. The Hall–Kier alpha value is -1.95. The van der Waals surface area contributed by atoms with Crippen LogP contribution in [0.25, 0.3) is 0 Å². The van der Waals surface area contributed by atoms with Crippen LogP contribution in [0.2, 0.25) is 5.02 Å². The minimum atomic E-state index is -0.497. The predicted molar refractivity (Wildman–Crippen MR) is 110 cm³/mol. The first-order chi connectivity index (χ1) is 13.7. The molecule has 1 amide bonds. The minimum Gasteiger partial charge on any atom is -0.489 e. The number of carbonyl (C=O) groups excluding carboxylic acids is 2. The molecule has 3 atom stereocenters. The lowest BCUT2D eigenvalue weighted by Crippen LogP contribution is -2.50. The zero-order valence-electron chi connectivity index (χ0n) is 17.6. The number of rotatable bonds is 5. The summed E-state index contributed by atoms with van der Waals surface area (Å²) in [4.78, 5) is 26.1. The molecule has 1 unspecified atom stereocenters. The fourth-order valence-electron chi connectivity index (χ4n) is 4.14. The molecule has 2 fully saturated rings. The molecule has 2 saturated heterocycles. The Morgan fingerprint density at radius 3 is 2.38 bits per heavy atom. The Bertz CT molecular complexity index is 746. The summed E-state index contributed by atoms with van der Waals surface area (Å²) in [5, 5.41) is 0.480. The summed E-state index contributed by atoms with van der Waals surface area (Å²) in [6.07, 6.45) is 3.41. The molecule has 160 valence electrons. The summed E-state index contributed by atoms with van der Waals surface area (Å²) in [6.45, 7) is 7.80. The van der Waals surface area contributed by atoms with Crippen molar-refractivity contribution in [2.24, 2.45) is 0 Å². The smallest absolute Gasteiger partial charge is 0.410 e. The van der Waals surface area contributed by atoms with Crippen molar-refractivity contribution in [1.29, 1.82) is 0 Å². The quantitative estimate of drug-likeness (QED) is 0.639. The molecule has 2 bridgehead atoms. The van der Waals surface area contributed by atoms with Gasteiger partial charge in [-0.3, -0.25) is 4.79 Å². The summed E-state index contributed by atoms with van der Waals surface area (Å²) in [5.41, 5.74) is 0.295. The van der Waals surface area contributed by atoms with Gasteiger partial charge in [0.25, 0.3) is 0 Å². The van der Waals surface area contributed by atoms with E-state index in [2.05, 4.69) is 0 Å². The highest BCUT2D eigenvalue weighted by molar-refractivity contribution is 6.32. The van der Waals surface area contributed by atoms with Crippen LogP contribution in [0.1, 0.15) is 58.9 Å². The van der Waals surface area contributed by atoms with Gasteiger partial charge in [0.15, 0.2) is 0 Å². The van der Waals surface area contributed by atoms with E-state index in [1.165, 1.54) is 0 Å². The molecule has 1 aromatic carbocycles. The molecular weight excluding hydrogens is 394 g/mol. The van der Waals surface area contributed by atoms with Crippen LogP contribution in [0.5, 0.6) is 5.75 Å². The number of esters is 1. The van der Waals surface area contributed by atoms with Gasteiger partial charge in [0, 0.05) is 24.9 Å². The zero-order chi connectivity index (χ0) is 21.2. The molecule has 0 aliphatic carbocycles. The first-order valence-corrected chi connectivity index (χ1v) is 10.7. The van der Waals surface area contributed by atoms with E-state index >= 15 is 0 Å². The number of hydrogen-bond donors (Lipinski definition) is 0. The van der Waals surface area contributed by atoms with Crippen LogP contribution in [-0.2, 0) is 20.7 Å². The average molecular weight is 424 g/mol. The summed E-state index contributed by atoms with van der Waals surface area (Å²) >= 11 is 6.39. The number of fused-ring (bicyclic) bond motifs is 2. The lowest BCUT2D eigenvalue weighted by molar-refractivity contribution is -0.142. The summed E-state index contributed by atoms with van der Waals surface area (Å²) in [5.74, 6) is 0.331. The van der Waals surface area contributed by atoms with Crippen LogP contribution in [0.15, 0.2) is 18.2 Å². The molecule has 0 N–H and O–H groups in total. The van der Waals surface area contributed by atoms with E-state index in [1.807, 2.05) is 31.7 Å². The van der Waals surface area contributed by atoms with Gasteiger partial charge in [0.05, 0.1) is 18.1 Å². The fourth-order valence-corrected chi connectivity index (χ4v) is 4.39. The number of halogens is 1. The Labute approximate surface area is 177 Å². The van der Waals surface area contributed by atoms with Crippen molar-refractivity contribution >= 4 is 23.7 Å². The van der Waals surface area contributed by atoms with Crippen molar-refractivity contribution in [1.82, 2.24) is 4.90 Å². The van der Waals surface area contributed by atoms with Crippen molar-refractivity contribution in [3.8, 4) is 5.75 Å². The standard InChI is InChI=1S/C22H30ClNO5/c1-5-27-20(25)11-14-6-9-19(18(23)10-14)28-17-12-15-7-8-16(13-17)24(15)21(26)29-22(2,3)4/h6,9-10,15-17H,5,7-8,11-13H2,1-4H3/t15-,16+,17?. The molecule has 0 radical (unpaired) electrons. The van der Waals surface area contributed by atoms with E-state index in [4.69, 9.17) is 25.8 Å². The maximum atomic E-state index is 12.6. The van der Waals surface area contributed by atoms with Crippen molar-refractivity contribution in [2.45, 2.75) is 83.6 Å². The second-order valence-corrected chi connectivity index (χ2v) is 9.14. The van der Waals surface area contributed by atoms with E-state index in [9.17, 15) is 9.59 Å². The van der Waals surface area contributed by atoms with Gasteiger partial charge in [-0.15, -0.1) is 0 Å². The third kappa shape index (κ3) is 5.56. The first-order valence-electron chi connectivity index (χ1n) is 10.3. The molecule has 3 rings (SSSR count). The second kappa shape index (κ2) is 8.82. The van der Waals surface area contributed by atoms with E-state index in [0.717, 1.165) is 31.2 Å². The summed E-state index contributed by atoms with van der Waals surface area (Å²) in [6, 6.07) is 5.66. The second-order valence-electron chi connectivity index (χ2n) is 8.73. The third-order valence-corrected chi connectivity index (χ3v) is 5.53. The van der Waals surface area contributed by atoms with Crippen LogP contribution in [0.3, 0.4) is 0 Å². The van der Waals surface area contributed by atoms with Gasteiger partial charge in [-0.05, 0) is 58.2 Å². The molecular formula is C22H30ClNO5. The van der Waals surface area contributed by atoms with Gasteiger partial charge in [-0.2, -0.15) is 0 Å². The highest BCUT2D eigenvalue weighted by Gasteiger charge is 2.45. The van der Waals surface area contributed by atoms with Gasteiger partial charge >= 0.3 is 12.1 Å². The van der Waals surface area contributed by atoms with E-state index < -0.39 is 5.60 Å². The average Bonchev–Trinajstić information content (AvgIpc) is 2.87. The Balaban J connectivity index is 1.60. The van der Waals surface area contributed by atoms with Gasteiger partial charge < -0.3 is 19.1 Å². The number of carbonyl (C=O) groups is 2. The molecule has 2 heterocycles. The van der Waals surface area contributed by atoms with Crippen LogP contribution >= 0.6 is 11.6 Å². The lowest BCUT2D eigenvalue weighted by atomic mass is 10.00. The first kappa shape index (κ1) is 21.8. The molecule has 0 spiro atoms. The topological polar surface area (TPSA) is 65.1 Å². The van der Waals surface area contributed by atoms with E-state index in [-0.39, 0.29) is 36.7 Å². The molecule has 29 heavy (non-hydrogen) atoms. The van der Waals surface area contributed by atoms with Gasteiger partial charge in [-0.1, -0.05) is 17.7 Å². The maximum absolute atomic E-state index is 12.6. The predicted octanol–water partition coefficient (Wildman–Crippen LogP) is 4.75. The zero-order valence-corrected chi connectivity index (χ0v) is 18.3. The number of piperidine rings is 1. The number of ether oxygens (including phenoxy) is 3. The summed E-state index contributed by atoms with van der Waals surface area (Å²) < 4.78 is 16.7. The molecule has 7 heteroatoms. The minimum absolute atomic E-state index is 0.000376. The molecule has 6 nitrogen and oxygen atoms in total. The lowest BCUT2D eigenvalue weighted by Gasteiger charge is -2.39. The monoisotopic (exact) mass is 423 g/mol. The van der Waals surface area contributed by atoms with Gasteiger partial charge in [-0.25, -0.2) is 4.79 Å². The number of benzene rings is 1. The highest BCUT2D eigenvalue weighted by atomic mass is 35.5. The third-order valence-electron chi connectivity index (χ3n) is 5.24. The molecule has 0 saturated carbocycles. The maximum Gasteiger partial charge on any atom is 0.410 e. The number of amides is 1. The van der Waals surface area contributed by atoms with Crippen LogP contribution in [-0.4, -0.2) is 47.4 Å². The normalized spacial score (nSPS) is 23.6. The number of hydrogen-bond acceptors (Lipinski definition) is 5. The van der Waals surface area contributed by atoms with Crippen molar-refractivity contribution in [2.75, 3.05) is 6.61 Å². The van der Waals surface area contributed by atoms with E-state index in [1.54, 1.807) is 19.1 Å². The number of nitrogens with zero attached hydrogens (tertiary/aromatic N) is 1. The van der Waals surface area contributed by atoms with Crippen LogP contribution < -0.4 is 4.74 Å². The van der Waals surface area contributed by atoms with Crippen LogP contribution in [0.4, 0.5) is 4.79 Å². The van der Waals surface area contributed by atoms with E-state index in [0.29, 0.717) is 17.4 Å². The highest BCUT2D eigenvalue weighted by Crippen LogP contribution is 2.39.